The van der Waals surface area contributed by atoms with Crippen LogP contribution >= 0.6 is 23.5 Å². The van der Waals surface area contributed by atoms with Crippen LogP contribution in [0.1, 0.15) is 10.8 Å². The van der Waals surface area contributed by atoms with Gasteiger partial charge in [0.05, 0.1) is 36.9 Å². The van der Waals surface area contributed by atoms with Gasteiger partial charge in [-0.15, -0.1) is 23.5 Å². The van der Waals surface area contributed by atoms with E-state index in [2.05, 4.69) is 28.9 Å². The van der Waals surface area contributed by atoms with E-state index in [1.807, 2.05) is 89.8 Å². The van der Waals surface area contributed by atoms with Gasteiger partial charge in [-0.2, -0.15) is 0 Å². The van der Waals surface area contributed by atoms with Crippen LogP contribution in [0.2, 0.25) is 0 Å². The minimum atomic E-state index is -0.570. The molecule has 3 amide bonds. The number of carbonyl (C=O) groups is 2. The molecule has 2 N–H and O–H groups in total. The normalized spacial score (nSPS) is 17.2. The number of amides is 3. The van der Waals surface area contributed by atoms with E-state index < -0.39 is 5.25 Å². The number of carbonyl (C=O) groups excluding carboxylic acids is 2. The zero-order valence-electron chi connectivity index (χ0n) is 24.2. The maximum atomic E-state index is 13.8. The molecule has 4 aromatic carbocycles. The van der Waals surface area contributed by atoms with E-state index in [0.29, 0.717) is 22.9 Å². The van der Waals surface area contributed by atoms with E-state index in [1.165, 1.54) is 11.8 Å². The van der Waals surface area contributed by atoms with Crippen LogP contribution in [0.15, 0.2) is 131 Å². The second kappa shape index (κ2) is 13.4. The molecule has 0 bridgehead atoms. The number of thioether (sulfide) groups is 2. The van der Waals surface area contributed by atoms with E-state index >= 15 is 0 Å². The lowest BCUT2D eigenvalue weighted by Crippen LogP contribution is -2.49. The Kier molecular flexibility index (Phi) is 8.95. The quantitative estimate of drug-likeness (QED) is 0.193. The fourth-order valence-electron chi connectivity index (χ4n) is 5.19. The van der Waals surface area contributed by atoms with E-state index in [-0.39, 0.29) is 23.2 Å². The molecule has 9 heteroatoms. The van der Waals surface area contributed by atoms with Gasteiger partial charge in [-0.25, -0.2) is 4.79 Å². The first-order valence-electron chi connectivity index (χ1n) is 14.1. The van der Waals surface area contributed by atoms with Crippen molar-refractivity contribution in [3.8, 4) is 11.5 Å². The van der Waals surface area contributed by atoms with Crippen molar-refractivity contribution in [2.24, 2.45) is 0 Å². The average molecular weight is 622 g/mol. The highest BCUT2D eigenvalue weighted by Crippen LogP contribution is 2.44. The first-order chi connectivity index (χ1) is 21.5. The summed E-state index contributed by atoms with van der Waals surface area (Å²) in [7, 11) is 3.13. The van der Waals surface area contributed by atoms with Crippen molar-refractivity contribution >= 4 is 52.5 Å². The van der Waals surface area contributed by atoms with Gasteiger partial charge < -0.3 is 20.1 Å². The van der Waals surface area contributed by atoms with E-state index in [4.69, 9.17) is 9.47 Å². The Hall–Kier alpha value is -4.60. The second-order valence-corrected chi connectivity index (χ2v) is 12.5. The monoisotopic (exact) mass is 621 g/mol. The zero-order chi connectivity index (χ0) is 30.5. The summed E-state index contributed by atoms with van der Waals surface area (Å²) in [5, 5.41) is 5.70. The molecule has 0 saturated carbocycles. The van der Waals surface area contributed by atoms with Crippen LogP contribution in [0.4, 0.5) is 21.9 Å². The number of para-hydroxylation sites is 1. The molecule has 6 rings (SSSR count). The Balaban J connectivity index is 1.24. The van der Waals surface area contributed by atoms with Crippen molar-refractivity contribution in [3.05, 3.63) is 127 Å². The molecular formula is C35H31N3O4S2. The van der Waals surface area contributed by atoms with Crippen LogP contribution in [0.25, 0.3) is 0 Å². The van der Waals surface area contributed by atoms with E-state index in [1.54, 1.807) is 44.2 Å². The lowest BCUT2D eigenvalue weighted by Gasteiger charge is -2.40. The topological polar surface area (TPSA) is 79.9 Å². The van der Waals surface area contributed by atoms with Crippen LogP contribution in [0.5, 0.6) is 11.5 Å². The Labute approximate surface area is 265 Å². The number of allylic oxidation sites excluding steroid dienone is 2. The van der Waals surface area contributed by atoms with Crippen LogP contribution in [-0.2, 0) is 4.79 Å². The number of fused-ring (bicyclic) bond motifs is 2. The molecule has 0 fully saturated rings. The van der Waals surface area contributed by atoms with Gasteiger partial charge in [-0.3, -0.25) is 9.69 Å². The number of anilines is 3. The molecule has 0 spiro atoms. The first-order valence-corrected chi connectivity index (χ1v) is 15.9. The smallest absolute Gasteiger partial charge is 0.326 e. The molecule has 1 heterocycles. The van der Waals surface area contributed by atoms with Gasteiger partial charge in [0.1, 0.15) is 16.7 Å². The second-order valence-electron chi connectivity index (χ2n) is 10.1. The van der Waals surface area contributed by atoms with Gasteiger partial charge in [0.2, 0.25) is 5.91 Å². The molecule has 2 aliphatic rings. The summed E-state index contributed by atoms with van der Waals surface area (Å²) in [6.07, 6.45) is 8.23. The summed E-state index contributed by atoms with van der Waals surface area (Å²) in [5.41, 5.74) is 2.93. The van der Waals surface area contributed by atoms with Gasteiger partial charge in [0, 0.05) is 21.5 Å². The van der Waals surface area contributed by atoms with Gasteiger partial charge in [-0.05, 0) is 48.0 Å². The molecular weight excluding hydrogens is 591 g/mol. The average Bonchev–Trinajstić information content (AvgIpc) is 3.06. The number of urea groups is 1. The number of nitrogens with one attached hydrogen (secondary N) is 2. The number of ether oxygens (including phenoxy) is 2. The third kappa shape index (κ3) is 6.34. The van der Waals surface area contributed by atoms with Crippen molar-refractivity contribution in [1.82, 2.24) is 0 Å². The van der Waals surface area contributed by atoms with Crippen molar-refractivity contribution in [2.75, 3.05) is 29.8 Å². The minimum Gasteiger partial charge on any atom is -0.497 e. The molecule has 3 atom stereocenters. The highest BCUT2D eigenvalue weighted by molar-refractivity contribution is 8.00. The molecule has 0 radical (unpaired) electrons. The number of hydrogen-bond acceptors (Lipinski definition) is 6. The maximum absolute atomic E-state index is 13.8. The van der Waals surface area contributed by atoms with E-state index in [0.717, 1.165) is 21.0 Å². The summed E-state index contributed by atoms with van der Waals surface area (Å²) in [6, 6.07) is 30.1. The summed E-state index contributed by atoms with van der Waals surface area (Å²) < 4.78 is 10.8. The SMILES string of the molecule is COc1ccc(NC(=O)C(Sc2cccc(NC(=O)N3c4ccccc4SC4C=CC=CC43)c2)c2ccccc2)c(OC)c1. The number of benzene rings is 4. The van der Waals surface area contributed by atoms with Crippen LogP contribution in [0, 0.1) is 0 Å². The number of rotatable bonds is 8. The van der Waals surface area contributed by atoms with Gasteiger partial charge in [0.25, 0.3) is 0 Å². The van der Waals surface area contributed by atoms with Crippen molar-refractivity contribution in [3.63, 3.8) is 0 Å². The molecule has 222 valence electrons. The van der Waals surface area contributed by atoms with Gasteiger partial charge in [-0.1, -0.05) is 72.8 Å². The van der Waals surface area contributed by atoms with Crippen LogP contribution in [-0.4, -0.2) is 37.4 Å². The van der Waals surface area contributed by atoms with Crippen LogP contribution < -0.4 is 25.0 Å². The third-order valence-electron chi connectivity index (χ3n) is 7.31. The Morgan fingerprint density at radius 1 is 0.841 bits per heavy atom. The van der Waals surface area contributed by atoms with Gasteiger partial charge in [0.15, 0.2) is 0 Å². The predicted octanol–water partition coefficient (Wildman–Crippen LogP) is 8.18. The standard InChI is InChI=1S/C35H31N3O4S2/c1-41-25-19-20-27(30(22-25)42-2)37-34(39)33(23-11-4-3-5-12-23)43-26-14-10-13-24(21-26)36-35(40)38-28-15-6-8-17-31(28)44-32-18-9-7-16-29(32)38/h3-22,28,31,33H,1-2H3,(H,36,40)(H,37,39). The maximum Gasteiger partial charge on any atom is 0.326 e. The lowest BCUT2D eigenvalue weighted by molar-refractivity contribution is -0.115. The summed E-state index contributed by atoms with van der Waals surface area (Å²) in [6.45, 7) is 0. The molecule has 1 aliphatic carbocycles. The Bertz CT molecular complexity index is 1730. The highest BCUT2D eigenvalue weighted by atomic mass is 32.2. The molecule has 44 heavy (non-hydrogen) atoms. The minimum absolute atomic E-state index is 0.0986. The number of nitrogens with zero attached hydrogens (tertiary/aromatic N) is 1. The number of methoxy groups -OCH3 is 2. The molecule has 0 saturated heterocycles. The summed E-state index contributed by atoms with van der Waals surface area (Å²) >= 11 is 3.18. The van der Waals surface area contributed by atoms with Gasteiger partial charge >= 0.3 is 6.03 Å². The Morgan fingerprint density at radius 3 is 2.45 bits per heavy atom. The largest absolute Gasteiger partial charge is 0.497 e. The zero-order valence-corrected chi connectivity index (χ0v) is 25.8. The molecule has 3 unspecified atom stereocenters. The highest BCUT2D eigenvalue weighted by Gasteiger charge is 2.36. The summed E-state index contributed by atoms with van der Waals surface area (Å²) in [5.74, 6) is 0.929. The Morgan fingerprint density at radius 2 is 1.64 bits per heavy atom. The number of hydrogen-bond donors (Lipinski definition) is 2. The van der Waals surface area contributed by atoms with Crippen molar-refractivity contribution in [2.45, 2.75) is 26.3 Å². The fourth-order valence-corrected chi connectivity index (χ4v) is 7.53. The molecule has 7 nitrogen and oxygen atoms in total. The van der Waals surface area contributed by atoms with Crippen LogP contribution in [0.3, 0.4) is 0 Å². The molecule has 0 aromatic heterocycles. The van der Waals surface area contributed by atoms with Crippen molar-refractivity contribution in [1.29, 1.82) is 0 Å². The van der Waals surface area contributed by atoms with E-state index in [9.17, 15) is 9.59 Å². The predicted molar refractivity (Wildman–Crippen MR) is 179 cm³/mol. The summed E-state index contributed by atoms with van der Waals surface area (Å²) in [4.78, 5) is 31.3. The first kappa shape index (κ1) is 29.5. The third-order valence-corrected chi connectivity index (χ3v) is 9.86. The molecule has 4 aromatic rings. The lowest BCUT2D eigenvalue weighted by atomic mass is 10.1. The molecule has 1 aliphatic heterocycles. The van der Waals surface area contributed by atoms with Crippen molar-refractivity contribution < 1.29 is 19.1 Å². The fraction of sp³-hybridized carbons (Fsp3) is 0.143.